The summed E-state index contributed by atoms with van der Waals surface area (Å²) in [5, 5.41) is 12.5. The third-order valence-electron chi connectivity index (χ3n) is 4.96. The van der Waals surface area contributed by atoms with Crippen LogP contribution in [-0.2, 0) is 26.5 Å². The fourth-order valence-electron chi connectivity index (χ4n) is 3.17. The molecule has 3 aromatic rings. The molecular weight excluding hydrogens is 426 g/mol. The number of aliphatic carboxylic acids is 1. The molecule has 6 nitrogen and oxygen atoms in total. The van der Waals surface area contributed by atoms with Gasteiger partial charge < -0.3 is 19.3 Å². The van der Waals surface area contributed by atoms with Gasteiger partial charge >= 0.3 is 5.97 Å². The molecule has 1 aromatic heterocycles. The number of carbonyl (C=O) groups is 1. The lowest BCUT2D eigenvalue weighted by Crippen LogP contribution is -2.49. The molecule has 0 spiro atoms. The highest BCUT2D eigenvalue weighted by Gasteiger charge is 2.42. The summed E-state index contributed by atoms with van der Waals surface area (Å²) in [4.78, 5) is 15.5. The lowest BCUT2D eigenvalue weighted by Gasteiger charge is -2.41. The van der Waals surface area contributed by atoms with E-state index in [1.807, 2.05) is 54.8 Å². The maximum Gasteiger partial charge on any atom is 0.329 e. The van der Waals surface area contributed by atoms with E-state index in [9.17, 15) is 4.79 Å². The van der Waals surface area contributed by atoms with Gasteiger partial charge in [0.15, 0.2) is 0 Å². The molecule has 156 valence electrons. The third-order valence-corrected chi connectivity index (χ3v) is 6.29. The number of hydrogen-bond acceptors (Lipinski definition) is 6. The smallest absolute Gasteiger partial charge is 0.329 e. The van der Waals surface area contributed by atoms with Crippen molar-refractivity contribution in [3.8, 4) is 16.3 Å². The van der Waals surface area contributed by atoms with E-state index in [1.54, 1.807) is 11.3 Å². The Bertz CT molecular complexity index is 1050. The van der Waals surface area contributed by atoms with Crippen LogP contribution in [0.4, 0.5) is 0 Å². The van der Waals surface area contributed by atoms with Crippen molar-refractivity contribution >= 4 is 28.9 Å². The molecule has 0 atom stereocenters. The molecular formula is C22H20ClNO5S. The number of halogens is 1. The zero-order chi connectivity index (χ0) is 21.1. The van der Waals surface area contributed by atoms with E-state index in [0.29, 0.717) is 25.6 Å². The van der Waals surface area contributed by atoms with E-state index in [2.05, 4.69) is 4.98 Å². The summed E-state index contributed by atoms with van der Waals surface area (Å²) in [6, 6.07) is 13.2. The molecule has 0 amide bonds. The van der Waals surface area contributed by atoms with Crippen LogP contribution in [-0.4, -0.2) is 35.9 Å². The van der Waals surface area contributed by atoms with Crippen molar-refractivity contribution in [3.05, 3.63) is 69.7 Å². The van der Waals surface area contributed by atoms with E-state index in [1.165, 1.54) is 0 Å². The van der Waals surface area contributed by atoms with E-state index < -0.39 is 11.6 Å². The monoisotopic (exact) mass is 445 g/mol. The Morgan fingerprint density at radius 2 is 2.03 bits per heavy atom. The first-order valence-corrected chi connectivity index (χ1v) is 10.6. The zero-order valence-corrected chi connectivity index (χ0v) is 17.8. The van der Waals surface area contributed by atoms with Crippen molar-refractivity contribution in [1.29, 1.82) is 0 Å². The molecule has 30 heavy (non-hydrogen) atoms. The van der Waals surface area contributed by atoms with E-state index in [0.717, 1.165) is 32.4 Å². The molecule has 4 rings (SSSR count). The Balaban J connectivity index is 1.40. The van der Waals surface area contributed by atoms with Gasteiger partial charge in [0.2, 0.25) is 0 Å². The molecule has 1 N–H and O–H groups in total. The summed E-state index contributed by atoms with van der Waals surface area (Å²) < 4.78 is 16.7. The Morgan fingerprint density at radius 1 is 1.27 bits per heavy atom. The number of benzene rings is 2. The average Bonchev–Trinajstić information content (AvgIpc) is 3.17. The number of nitrogens with zero attached hydrogens (tertiary/aromatic N) is 1. The number of ether oxygens (including phenoxy) is 3. The minimum Gasteiger partial charge on any atom is -0.487 e. The normalized spacial score (nSPS) is 14.9. The summed E-state index contributed by atoms with van der Waals surface area (Å²) >= 11 is 7.77. The SMILES string of the molecule is Cc1c(Cl)cccc1-c1nc(COc2ccc(C3(OCC(=O)O)COC3)cc2)cs1. The summed E-state index contributed by atoms with van der Waals surface area (Å²) in [7, 11) is 0. The summed E-state index contributed by atoms with van der Waals surface area (Å²) in [6.45, 7) is 2.64. The highest BCUT2D eigenvalue weighted by Crippen LogP contribution is 2.35. The Hall–Kier alpha value is -2.45. The third kappa shape index (κ3) is 4.34. The molecule has 8 heteroatoms. The minimum absolute atomic E-state index is 0.338. The van der Waals surface area contributed by atoms with Gasteiger partial charge in [0.1, 0.15) is 29.6 Å². The average molecular weight is 446 g/mol. The van der Waals surface area contributed by atoms with Gasteiger partial charge in [-0.2, -0.15) is 0 Å². The van der Waals surface area contributed by atoms with Gasteiger partial charge in [0.25, 0.3) is 0 Å². The van der Waals surface area contributed by atoms with Crippen LogP contribution in [0.15, 0.2) is 47.8 Å². The predicted molar refractivity (Wildman–Crippen MR) is 114 cm³/mol. The summed E-state index contributed by atoms with van der Waals surface area (Å²) in [5.74, 6) is -0.308. The highest BCUT2D eigenvalue weighted by atomic mass is 35.5. The van der Waals surface area contributed by atoms with E-state index in [-0.39, 0.29) is 6.61 Å². The summed E-state index contributed by atoms with van der Waals surface area (Å²) in [5.41, 5.74) is 3.05. The number of carboxylic acids is 1. The molecule has 0 saturated carbocycles. The maximum absolute atomic E-state index is 10.8. The van der Waals surface area contributed by atoms with Gasteiger partial charge in [-0.05, 0) is 36.2 Å². The lowest BCUT2D eigenvalue weighted by atomic mass is 9.91. The molecule has 0 bridgehead atoms. The van der Waals surface area contributed by atoms with Crippen molar-refractivity contribution in [2.75, 3.05) is 19.8 Å². The van der Waals surface area contributed by atoms with Crippen LogP contribution in [0.5, 0.6) is 5.75 Å². The van der Waals surface area contributed by atoms with E-state index >= 15 is 0 Å². The van der Waals surface area contributed by atoms with Crippen molar-refractivity contribution in [2.45, 2.75) is 19.1 Å². The molecule has 1 aliphatic heterocycles. The first kappa shape index (κ1) is 20.8. The molecule has 0 unspecified atom stereocenters. The number of rotatable bonds is 8. The van der Waals surface area contributed by atoms with Gasteiger partial charge in [-0.15, -0.1) is 11.3 Å². The van der Waals surface area contributed by atoms with Crippen LogP contribution < -0.4 is 4.74 Å². The quantitative estimate of drug-likeness (QED) is 0.542. The van der Waals surface area contributed by atoms with Crippen LogP contribution in [0.25, 0.3) is 10.6 Å². The predicted octanol–water partition coefficient (Wildman–Crippen LogP) is 4.68. The van der Waals surface area contributed by atoms with E-state index in [4.69, 9.17) is 30.9 Å². The lowest BCUT2D eigenvalue weighted by molar-refractivity contribution is -0.220. The standard InChI is InChI=1S/C22H20ClNO5S/c1-14-18(3-2-4-19(14)23)21-24-16(11-30-21)9-28-17-7-5-15(6-8-17)22(12-27-13-22)29-10-20(25)26/h2-8,11H,9-10,12-13H2,1H3,(H,25,26). The Kier molecular flexibility index (Phi) is 6.06. The summed E-state index contributed by atoms with van der Waals surface area (Å²) in [6.07, 6.45) is 0. The Labute approximate surface area is 183 Å². The maximum atomic E-state index is 10.8. The molecule has 1 saturated heterocycles. The van der Waals surface area contributed by atoms with Gasteiger partial charge in [-0.3, -0.25) is 0 Å². The van der Waals surface area contributed by atoms with Crippen molar-refractivity contribution < 1.29 is 24.1 Å². The second kappa shape index (κ2) is 8.73. The fraction of sp³-hybridized carbons (Fsp3) is 0.273. The molecule has 2 aromatic carbocycles. The highest BCUT2D eigenvalue weighted by molar-refractivity contribution is 7.13. The van der Waals surface area contributed by atoms with Gasteiger partial charge in [0.05, 0.1) is 18.9 Å². The van der Waals surface area contributed by atoms with Gasteiger partial charge in [-0.1, -0.05) is 35.9 Å². The van der Waals surface area contributed by atoms with Crippen molar-refractivity contribution in [1.82, 2.24) is 4.98 Å². The van der Waals surface area contributed by atoms with Gasteiger partial charge in [0, 0.05) is 16.0 Å². The number of aromatic nitrogens is 1. The fourth-order valence-corrected chi connectivity index (χ4v) is 4.23. The second-order valence-electron chi connectivity index (χ2n) is 7.04. The first-order valence-electron chi connectivity index (χ1n) is 9.33. The second-order valence-corrected chi connectivity index (χ2v) is 8.30. The minimum atomic E-state index is -1.00. The van der Waals surface area contributed by atoms with Crippen LogP contribution in [0.1, 0.15) is 16.8 Å². The molecule has 1 aliphatic rings. The van der Waals surface area contributed by atoms with Crippen LogP contribution in [0.2, 0.25) is 5.02 Å². The molecule has 2 heterocycles. The van der Waals surface area contributed by atoms with Crippen LogP contribution >= 0.6 is 22.9 Å². The molecule has 1 fully saturated rings. The first-order chi connectivity index (χ1) is 14.5. The number of carboxylic acid groups (broad SMARTS) is 1. The number of hydrogen-bond donors (Lipinski definition) is 1. The van der Waals surface area contributed by atoms with Gasteiger partial charge in [-0.25, -0.2) is 9.78 Å². The van der Waals surface area contributed by atoms with Crippen LogP contribution in [0, 0.1) is 6.92 Å². The zero-order valence-electron chi connectivity index (χ0n) is 16.3. The topological polar surface area (TPSA) is 77.9 Å². The molecule has 0 radical (unpaired) electrons. The molecule has 0 aliphatic carbocycles. The van der Waals surface area contributed by atoms with Crippen molar-refractivity contribution in [2.24, 2.45) is 0 Å². The Morgan fingerprint density at radius 3 is 2.70 bits per heavy atom. The largest absolute Gasteiger partial charge is 0.487 e. The van der Waals surface area contributed by atoms with Crippen LogP contribution in [0.3, 0.4) is 0 Å². The van der Waals surface area contributed by atoms with Crippen molar-refractivity contribution in [3.63, 3.8) is 0 Å². The number of thiazole rings is 1.